The Bertz CT molecular complexity index is 1150. The summed E-state index contributed by atoms with van der Waals surface area (Å²) in [6, 6.07) is 8.56. The molecule has 212 valence electrons. The molecule has 8 heteroatoms. The van der Waals surface area contributed by atoms with Crippen LogP contribution in [0.2, 0.25) is 0 Å². The largest absolute Gasteiger partial charge is 0.459 e. The lowest BCUT2D eigenvalue weighted by atomic mass is 9.75. The molecule has 0 spiro atoms. The molecule has 0 radical (unpaired) electrons. The number of rotatable bonds is 4. The first-order chi connectivity index (χ1) is 18.2. The Morgan fingerprint density at radius 1 is 0.974 bits per heavy atom. The van der Waals surface area contributed by atoms with Crippen molar-refractivity contribution in [2.45, 2.75) is 85.2 Å². The summed E-state index contributed by atoms with van der Waals surface area (Å²) in [5.41, 5.74) is -1.61. The predicted octanol–water partition coefficient (Wildman–Crippen LogP) is 4.60. The van der Waals surface area contributed by atoms with Gasteiger partial charge in [-0.3, -0.25) is 14.4 Å². The van der Waals surface area contributed by atoms with Gasteiger partial charge in [-0.15, -0.1) is 0 Å². The molecule has 0 aliphatic heterocycles. The third-order valence-corrected chi connectivity index (χ3v) is 7.82. The molecular formula is C31H40O8. The van der Waals surface area contributed by atoms with Crippen molar-refractivity contribution in [3.63, 3.8) is 0 Å². The van der Waals surface area contributed by atoms with E-state index >= 15 is 0 Å². The second kappa shape index (κ2) is 11.9. The van der Waals surface area contributed by atoms with Gasteiger partial charge in [0.15, 0.2) is 0 Å². The predicted molar refractivity (Wildman–Crippen MR) is 144 cm³/mol. The van der Waals surface area contributed by atoms with Crippen molar-refractivity contribution in [3.05, 3.63) is 59.7 Å². The highest BCUT2D eigenvalue weighted by atomic mass is 16.6. The molecule has 1 N–H and O–H groups in total. The Kier molecular flexibility index (Phi) is 9.21. The van der Waals surface area contributed by atoms with Crippen molar-refractivity contribution < 1.29 is 38.5 Å². The van der Waals surface area contributed by atoms with E-state index in [1.54, 1.807) is 69.3 Å². The topological polar surface area (TPSA) is 116 Å². The third kappa shape index (κ3) is 6.85. The molecular weight excluding hydrogens is 500 g/mol. The van der Waals surface area contributed by atoms with Crippen LogP contribution in [-0.2, 0) is 28.6 Å². The van der Waals surface area contributed by atoms with Crippen molar-refractivity contribution >= 4 is 23.7 Å². The lowest BCUT2D eigenvalue weighted by Crippen LogP contribution is -2.52. The Hall–Kier alpha value is -3.26. The average Bonchev–Trinajstić information content (AvgIpc) is 3.09. The number of ether oxygens (including phenoxy) is 3. The van der Waals surface area contributed by atoms with Gasteiger partial charge in [-0.1, -0.05) is 50.3 Å². The molecule has 0 saturated heterocycles. The van der Waals surface area contributed by atoms with Crippen LogP contribution in [0.4, 0.5) is 0 Å². The van der Waals surface area contributed by atoms with Crippen molar-refractivity contribution in [2.75, 3.05) is 0 Å². The van der Waals surface area contributed by atoms with E-state index in [0.29, 0.717) is 11.1 Å². The fourth-order valence-corrected chi connectivity index (χ4v) is 5.65. The van der Waals surface area contributed by atoms with Gasteiger partial charge in [-0.2, -0.15) is 0 Å². The van der Waals surface area contributed by atoms with Crippen LogP contribution < -0.4 is 0 Å². The third-order valence-electron chi connectivity index (χ3n) is 7.82. The van der Waals surface area contributed by atoms with E-state index in [1.165, 1.54) is 13.8 Å². The number of hydrogen-bond donors (Lipinski definition) is 1. The number of esters is 3. The number of ketones is 1. The Balaban J connectivity index is 2.17. The van der Waals surface area contributed by atoms with Crippen molar-refractivity contribution in [1.29, 1.82) is 0 Å². The van der Waals surface area contributed by atoms with E-state index in [1.807, 2.05) is 13.8 Å². The van der Waals surface area contributed by atoms with E-state index in [0.717, 1.165) is 0 Å². The molecule has 0 amide bonds. The van der Waals surface area contributed by atoms with Crippen LogP contribution in [0.3, 0.4) is 0 Å². The number of allylic oxidation sites excluding steroid dienone is 1. The van der Waals surface area contributed by atoms with Gasteiger partial charge in [0.1, 0.15) is 29.7 Å². The van der Waals surface area contributed by atoms with Gasteiger partial charge in [0, 0.05) is 37.5 Å². The lowest BCUT2D eigenvalue weighted by molar-refractivity contribution is -0.173. The molecule has 1 saturated carbocycles. The number of benzene rings is 1. The molecule has 1 aromatic rings. The second-order valence-electron chi connectivity index (χ2n) is 11.5. The lowest BCUT2D eigenvalue weighted by Gasteiger charge is -2.40. The van der Waals surface area contributed by atoms with Crippen LogP contribution in [0.25, 0.3) is 0 Å². The van der Waals surface area contributed by atoms with Crippen LogP contribution in [0.1, 0.15) is 71.7 Å². The quantitative estimate of drug-likeness (QED) is 0.335. The number of fused-ring (bicyclic) bond motifs is 1. The molecule has 8 nitrogen and oxygen atoms in total. The summed E-state index contributed by atoms with van der Waals surface area (Å²) >= 11 is 0. The summed E-state index contributed by atoms with van der Waals surface area (Å²) in [4.78, 5) is 50.6. The van der Waals surface area contributed by atoms with Crippen molar-refractivity contribution in [1.82, 2.24) is 0 Å². The first-order valence-corrected chi connectivity index (χ1v) is 13.4. The Morgan fingerprint density at radius 2 is 1.59 bits per heavy atom. The minimum atomic E-state index is -1.62. The van der Waals surface area contributed by atoms with Crippen molar-refractivity contribution in [3.8, 4) is 0 Å². The number of carbonyl (C=O) groups is 4. The van der Waals surface area contributed by atoms with E-state index in [2.05, 4.69) is 0 Å². The Morgan fingerprint density at radius 3 is 2.18 bits per heavy atom. The minimum Gasteiger partial charge on any atom is -0.459 e. The SMILES string of the molecule is CC(=O)O[C@@H]1[C@H](C)/C=C/C(C)(C)C(=O)C[C@@H](OC(C)=O)C(C)=C[C@H]2[C@@H](OC(=O)c3ccccc3)[C@H](C)C[C@]12O. The van der Waals surface area contributed by atoms with E-state index in [4.69, 9.17) is 14.2 Å². The van der Waals surface area contributed by atoms with Gasteiger partial charge in [-0.25, -0.2) is 4.79 Å². The number of aliphatic hydroxyl groups is 1. The first kappa shape index (κ1) is 30.3. The van der Waals surface area contributed by atoms with E-state index in [9.17, 15) is 24.3 Å². The zero-order chi connectivity index (χ0) is 29.1. The maximum atomic E-state index is 13.3. The maximum absolute atomic E-state index is 13.3. The van der Waals surface area contributed by atoms with Gasteiger partial charge in [0.2, 0.25) is 0 Å². The molecule has 0 heterocycles. The fraction of sp³-hybridized carbons (Fsp3) is 0.548. The standard InChI is InChI=1S/C31H40O8/c1-18-13-14-30(6,7)26(34)16-25(37-21(4)32)19(2)15-24-27(39-29(35)23-11-9-8-10-12-23)20(3)17-31(24,36)28(18)38-22(5)33/h8-15,18,20,24-25,27-28,36H,16-17H2,1-7H3/b14-13+,19-15?/t18-,20-,24+,25-,27+,28-,31-/m1/s1. The molecule has 2 aliphatic rings. The molecule has 7 atom stereocenters. The normalized spacial score (nSPS) is 33.4. The van der Waals surface area contributed by atoms with Crippen LogP contribution in [0, 0.1) is 23.2 Å². The average molecular weight is 541 g/mol. The van der Waals surface area contributed by atoms with Gasteiger partial charge in [-0.05, 0) is 50.8 Å². The van der Waals surface area contributed by atoms with Gasteiger partial charge in [0.05, 0.1) is 5.56 Å². The van der Waals surface area contributed by atoms with Crippen LogP contribution >= 0.6 is 0 Å². The van der Waals surface area contributed by atoms with E-state index < -0.39 is 59.1 Å². The summed E-state index contributed by atoms with van der Waals surface area (Å²) < 4.78 is 17.3. The van der Waals surface area contributed by atoms with Crippen molar-refractivity contribution in [2.24, 2.45) is 23.2 Å². The summed E-state index contributed by atoms with van der Waals surface area (Å²) in [5.74, 6) is -3.39. The highest BCUT2D eigenvalue weighted by molar-refractivity contribution is 5.89. The van der Waals surface area contributed by atoms with Crippen LogP contribution in [0.5, 0.6) is 0 Å². The number of carbonyl (C=O) groups excluding carboxylic acids is 4. The first-order valence-electron chi connectivity index (χ1n) is 13.4. The molecule has 3 rings (SSSR count). The zero-order valence-corrected chi connectivity index (χ0v) is 23.8. The molecule has 1 aromatic carbocycles. The van der Waals surface area contributed by atoms with Crippen LogP contribution in [-0.4, -0.2) is 52.7 Å². The summed E-state index contributed by atoms with van der Waals surface area (Å²) in [7, 11) is 0. The number of Topliss-reactive ketones (excluding diaryl/α,β-unsaturated/α-hetero) is 1. The summed E-state index contributed by atoms with van der Waals surface area (Å²) in [5, 5.41) is 12.3. The summed E-state index contributed by atoms with van der Waals surface area (Å²) in [6.45, 7) is 11.5. The molecule has 1 fully saturated rings. The molecule has 0 unspecified atom stereocenters. The highest BCUT2D eigenvalue weighted by Gasteiger charge is 2.58. The maximum Gasteiger partial charge on any atom is 0.338 e. The number of hydrogen-bond acceptors (Lipinski definition) is 8. The zero-order valence-electron chi connectivity index (χ0n) is 23.8. The molecule has 0 aromatic heterocycles. The van der Waals surface area contributed by atoms with Gasteiger partial charge in [0.25, 0.3) is 0 Å². The Labute approximate surface area is 230 Å². The van der Waals surface area contributed by atoms with E-state index in [-0.39, 0.29) is 24.5 Å². The molecule has 39 heavy (non-hydrogen) atoms. The highest BCUT2D eigenvalue weighted by Crippen LogP contribution is 2.48. The minimum absolute atomic E-state index is 0.0593. The smallest absolute Gasteiger partial charge is 0.338 e. The van der Waals surface area contributed by atoms with Gasteiger partial charge >= 0.3 is 17.9 Å². The monoisotopic (exact) mass is 540 g/mol. The summed E-state index contributed by atoms with van der Waals surface area (Å²) in [6.07, 6.45) is 2.70. The van der Waals surface area contributed by atoms with Gasteiger partial charge < -0.3 is 19.3 Å². The second-order valence-corrected chi connectivity index (χ2v) is 11.5. The molecule has 2 aliphatic carbocycles. The fourth-order valence-electron chi connectivity index (χ4n) is 5.65. The molecule has 0 bridgehead atoms. The van der Waals surface area contributed by atoms with Crippen LogP contribution in [0.15, 0.2) is 54.1 Å².